The lowest BCUT2D eigenvalue weighted by molar-refractivity contribution is 0.573. The van der Waals surface area contributed by atoms with Crippen LogP contribution in [0.25, 0.3) is 0 Å². The second-order valence-electron chi connectivity index (χ2n) is 3.75. The predicted molar refractivity (Wildman–Crippen MR) is 76.6 cm³/mol. The Kier molecular flexibility index (Phi) is 5.33. The highest BCUT2D eigenvalue weighted by molar-refractivity contribution is 9.10. The van der Waals surface area contributed by atoms with Crippen LogP contribution in [0, 0.1) is 0 Å². The fraction of sp³-hybridized carbons (Fsp3) is 0.333. The quantitative estimate of drug-likeness (QED) is 0.474. The predicted octanol–water partition coefficient (Wildman–Crippen LogP) is -0.141. The third-order valence-electron chi connectivity index (χ3n) is 2.06. The van der Waals surface area contributed by atoms with Gasteiger partial charge in [-0.3, -0.25) is 0 Å². The van der Waals surface area contributed by atoms with Crippen molar-refractivity contribution in [3.05, 3.63) is 22.7 Å². The molecule has 0 atom stereocenters. The van der Waals surface area contributed by atoms with Crippen molar-refractivity contribution in [3.8, 4) is 0 Å². The SMILES string of the molecule is CS(=O)(=O)NCCNS(=O)(=O)c1ccc(Br)c(N)c1. The van der Waals surface area contributed by atoms with E-state index in [0.29, 0.717) is 10.2 Å². The zero-order valence-corrected chi connectivity index (χ0v) is 13.3. The number of hydrogen-bond donors (Lipinski definition) is 3. The summed E-state index contributed by atoms with van der Waals surface area (Å²) in [5, 5.41) is 0. The third kappa shape index (κ3) is 5.45. The first-order valence-electron chi connectivity index (χ1n) is 5.11. The Morgan fingerprint density at radius 3 is 2.26 bits per heavy atom. The molecule has 0 aliphatic carbocycles. The van der Waals surface area contributed by atoms with E-state index in [4.69, 9.17) is 5.73 Å². The number of rotatable bonds is 6. The Morgan fingerprint density at radius 2 is 1.74 bits per heavy atom. The minimum Gasteiger partial charge on any atom is -0.398 e. The molecule has 0 heterocycles. The first kappa shape index (κ1) is 16.4. The molecule has 0 fully saturated rings. The molecule has 1 rings (SSSR count). The normalized spacial score (nSPS) is 12.5. The number of anilines is 1. The van der Waals surface area contributed by atoms with Gasteiger partial charge in [-0.05, 0) is 34.1 Å². The van der Waals surface area contributed by atoms with E-state index in [9.17, 15) is 16.8 Å². The van der Waals surface area contributed by atoms with E-state index in [0.717, 1.165) is 6.26 Å². The Balaban J connectivity index is 2.68. The number of sulfonamides is 2. The Hall–Kier alpha value is -0.680. The summed E-state index contributed by atoms with van der Waals surface area (Å²) >= 11 is 3.16. The van der Waals surface area contributed by atoms with E-state index in [1.807, 2.05) is 0 Å². The topological polar surface area (TPSA) is 118 Å². The molecule has 7 nitrogen and oxygen atoms in total. The number of nitrogens with one attached hydrogen (secondary N) is 2. The van der Waals surface area contributed by atoms with Crippen LogP contribution >= 0.6 is 15.9 Å². The van der Waals surface area contributed by atoms with Crippen molar-refractivity contribution in [1.82, 2.24) is 9.44 Å². The van der Waals surface area contributed by atoms with Gasteiger partial charge in [0, 0.05) is 23.2 Å². The largest absolute Gasteiger partial charge is 0.398 e. The summed E-state index contributed by atoms with van der Waals surface area (Å²) in [6.07, 6.45) is 0.997. The molecule has 0 aliphatic rings. The molecule has 0 unspecified atom stereocenters. The first-order chi connectivity index (χ1) is 8.62. The monoisotopic (exact) mass is 371 g/mol. The lowest BCUT2D eigenvalue weighted by Crippen LogP contribution is -2.34. The van der Waals surface area contributed by atoms with Gasteiger partial charge in [-0.25, -0.2) is 26.3 Å². The van der Waals surface area contributed by atoms with E-state index in [1.165, 1.54) is 18.2 Å². The van der Waals surface area contributed by atoms with E-state index in [2.05, 4.69) is 25.4 Å². The average molecular weight is 372 g/mol. The molecule has 1 aromatic rings. The van der Waals surface area contributed by atoms with Crippen molar-refractivity contribution in [3.63, 3.8) is 0 Å². The van der Waals surface area contributed by atoms with Crippen LogP contribution in [0.15, 0.2) is 27.6 Å². The van der Waals surface area contributed by atoms with E-state index in [1.54, 1.807) is 0 Å². The number of nitrogen functional groups attached to an aromatic ring is 1. The molecule has 1 aromatic carbocycles. The van der Waals surface area contributed by atoms with Gasteiger partial charge >= 0.3 is 0 Å². The summed E-state index contributed by atoms with van der Waals surface area (Å²) in [4.78, 5) is 0.0209. The fourth-order valence-electron chi connectivity index (χ4n) is 1.19. The molecule has 0 spiro atoms. The zero-order chi connectivity index (χ0) is 14.7. The molecule has 0 saturated heterocycles. The molecule has 0 saturated carbocycles. The molecular formula is C9H14BrN3O4S2. The van der Waals surface area contributed by atoms with Gasteiger partial charge in [0.15, 0.2) is 0 Å². The number of nitrogens with two attached hydrogens (primary N) is 1. The lowest BCUT2D eigenvalue weighted by Gasteiger charge is -2.08. The molecule has 10 heteroatoms. The van der Waals surface area contributed by atoms with Gasteiger partial charge in [-0.15, -0.1) is 0 Å². The van der Waals surface area contributed by atoms with E-state index < -0.39 is 20.0 Å². The van der Waals surface area contributed by atoms with Crippen LogP contribution in [0.2, 0.25) is 0 Å². The van der Waals surface area contributed by atoms with Crippen molar-refractivity contribution >= 4 is 41.7 Å². The van der Waals surface area contributed by atoms with Crippen molar-refractivity contribution in [1.29, 1.82) is 0 Å². The molecule has 0 radical (unpaired) electrons. The Bertz CT molecular complexity index is 658. The van der Waals surface area contributed by atoms with Crippen molar-refractivity contribution in [2.24, 2.45) is 0 Å². The smallest absolute Gasteiger partial charge is 0.240 e. The summed E-state index contributed by atoms with van der Waals surface area (Å²) in [5.41, 5.74) is 5.90. The minimum absolute atomic E-state index is 0.0209. The van der Waals surface area contributed by atoms with Gasteiger partial charge < -0.3 is 5.73 Å². The minimum atomic E-state index is -3.70. The highest BCUT2D eigenvalue weighted by Crippen LogP contribution is 2.22. The highest BCUT2D eigenvalue weighted by Gasteiger charge is 2.14. The summed E-state index contributed by atoms with van der Waals surface area (Å²) in [6, 6.07) is 4.24. The van der Waals surface area contributed by atoms with Crippen LogP contribution in [-0.4, -0.2) is 36.2 Å². The second kappa shape index (κ2) is 6.18. The van der Waals surface area contributed by atoms with Gasteiger partial charge in [0.25, 0.3) is 0 Å². The van der Waals surface area contributed by atoms with Crippen molar-refractivity contribution in [2.75, 3.05) is 25.1 Å². The summed E-state index contributed by atoms with van der Waals surface area (Å²) in [7, 11) is -7.03. The highest BCUT2D eigenvalue weighted by atomic mass is 79.9. The number of halogens is 1. The van der Waals surface area contributed by atoms with E-state index >= 15 is 0 Å². The standard InChI is InChI=1S/C9H14BrN3O4S2/c1-18(14,15)12-4-5-13-19(16,17)7-2-3-8(10)9(11)6-7/h2-3,6,12-13H,4-5,11H2,1H3. The number of benzene rings is 1. The Morgan fingerprint density at radius 1 is 1.16 bits per heavy atom. The van der Waals surface area contributed by atoms with Crippen molar-refractivity contribution < 1.29 is 16.8 Å². The summed E-state index contributed by atoms with van der Waals surface area (Å²) in [5.74, 6) is 0. The molecule has 108 valence electrons. The Labute approximate surface area is 120 Å². The number of hydrogen-bond acceptors (Lipinski definition) is 5. The van der Waals surface area contributed by atoms with Gasteiger partial charge in [-0.1, -0.05) is 0 Å². The molecular weight excluding hydrogens is 358 g/mol. The molecule has 0 aliphatic heterocycles. The van der Waals surface area contributed by atoms with Crippen LogP contribution in [-0.2, 0) is 20.0 Å². The molecule has 4 N–H and O–H groups in total. The summed E-state index contributed by atoms with van der Waals surface area (Å²) < 4.78 is 50.4. The molecule has 0 amide bonds. The van der Waals surface area contributed by atoms with Crippen LogP contribution < -0.4 is 15.2 Å². The zero-order valence-electron chi connectivity index (χ0n) is 10.1. The summed E-state index contributed by atoms with van der Waals surface area (Å²) in [6.45, 7) is -0.0740. The fourth-order valence-corrected chi connectivity index (χ4v) is 2.98. The van der Waals surface area contributed by atoms with Gasteiger partial charge in [0.05, 0.1) is 11.2 Å². The van der Waals surface area contributed by atoms with Gasteiger partial charge in [0.2, 0.25) is 20.0 Å². The second-order valence-corrected chi connectivity index (χ2v) is 8.20. The maximum absolute atomic E-state index is 11.9. The maximum atomic E-state index is 11.9. The maximum Gasteiger partial charge on any atom is 0.240 e. The third-order valence-corrected chi connectivity index (χ3v) is 4.97. The van der Waals surface area contributed by atoms with Crippen LogP contribution in [0.5, 0.6) is 0 Å². The van der Waals surface area contributed by atoms with Gasteiger partial charge in [-0.2, -0.15) is 0 Å². The molecule has 0 aromatic heterocycles. The molecule has 0 bridgehead atoms. The van der Waals surface area contributed by atoms with Crippen LogP contribution in [0.3, 0.4) is 0 Å². The van der Waals surface area contributed by atoms with Crippen LogP contribution in [0.1, 0.15) is 0 Å². The average Bonchev–Trinajstić information content (AvgIpc) is 2.27. The first-order valence-corrected chi connectivity index (χ1v) is 9.28. The van der Waals surface area contributed by atoms with Crippen molar-refractivity contribution in [2.45, 2.75) is 4.90 Å². The van der Waals surface area contributed by atoms with E-state index in [-0.39, 0.29) is 18.0 Å². The van der Waals surface area contributed by atoms with Crippen LogP contribution in [0.4, 0.5) is 5.69 Å². The lowest BCUT2D eigenvalue weighted by atomic mass is 10.3. The van der Waals surface area contributed by atoms with Gasteiger partial charge in [0.1, 0.15) is 0 Å². The molecule has 19 heavy (non-hydrogen) atoms.